The molecule has 120 valence electrons. The molecule has 4 saturated carbocycles. The maximum Gasteiger partial charge on any atom is 0.155 e. The van der Waals surface area contributed by atoms with Crippen LogP contribution in [-0.2, 0) is 9.53 Å². The van der Waals surface area contributed by atoms with Crippen molar-refractivity contribution in [3.8, 4) is 0 Å². The summed E-state index contributed by atoms with van der Waals surface area (Å²) in [6.45, 7) is 5.59. The van der Waals surface area contributed by atoms with Crippen molar-refractivity contribution in [1.82, 2.24) is 4.90 Å². The van der Waals surface area contributed by atoms with E-state index in [0.29, 0.717) is 5.78 Å². The average molecular weight is 313 g/mol. The topological polar surface area (TPSA) is 29.5 Å². The normalized spacial score (nSPS) is 43.4. The summed E-state index contributed by atoms with van der Waals surface area (Å²) in [6, 6.07) is 0.107. The second-order valence-corrected chi connectivity index (χ2v) is 7.89. The van der Waals surface area contributed by atoms with Gasteiger partial charge in [0.05, 0.1) is 19.3 Å². The lowest BCUT2D eigenvalue weighted by Gasteiger charge is -2.57. The van der Waals surface area contributed by atoms with E-state index in [1.807, 2.05) is 0 Å². The summed E-state index contributed by atoms with van der Waals surface area (Å²) in [5.74, 6) is 3.16. The fraction of sp³-hybridized carbons (Fsp3) is 0.941. The van der Waals surface area contributed by atoms with Gasteiger partial charge >= 0.3 is 0 Å². The first-order valence-corrected chi connectivity index (χ1v) is 8.52. The Labute approximate surface area is 134 Å². The smallest absolute Gasteiger partial charge is 0.155 e. The van der Waals surface area contributed by atoms with Gasteiger partial charge in [-0.1, -0.05) is 0 Å². The highest BCUT2D eigenvalue weighted by molar-refractivity contribution is 5.89. The number of halogens is 1. The molecule has 4 aliphatic carbocycles. The van der Waals surface area contributed by atoms with E-state index in [1.54, 1.807) is 0 Å². The van der Waals surface area contributed by atoms with Crippen LogP contribution in [-0.4, -0.2) is 43.0 Å². The van der Waals surface area contributed by atoms with Gasteiger partial charge in [0.2, 0.25) is 0 Å². The number of hydrogen-bond acceptors (Lipinski definition) is 3. The number of ether oxygens (including phenoxy) is 1. The summed E-state index contributed by atoms with van der Waals surface area (Å²) in [4.78, 5) is 15.6. The number of Topliss-reactive ketones (excluding diaryl/α,β-unsaturated/α-hetero) is 1. The second kappa shape index (κ2) is 5.82. The van der Waals surface area contributed by atoms with Gasteiger partial charge in [-0.05, 0) is 63.2 Å². The molecule has 3 nitrogen and oxygen atoms in total. The maximum absolute atomic E-state index is 13.2. The molecule has 0 N–H and O–H groups in total. The Morgan fingerprint density at radius 1 is 1.05 bits per heavy atom. The van der Waals surface area contributed by atoms with E-state index < -0.39 is 0 Å². The molecule has 4 heteroatoms. The molecule has 0 spiro atoms. The minimum atomic E-state index is 0. The highest BCUT2D eigenvalue weighted by atomic mass is 35.5. The zero-order chi connectivity index (χ0) is 13.7. The first kappa shape index (κ1) is 15.8. The highest BCUT2D eigenvalue weighted by Crippen LogP contribution is 2.60. The van der Waals surface area contributed by atoms with E-state index in [-0.39, 0.29) is 23.9 Å². The molecular weight excluding hydrogens is 286 g/mol. The van der Waals surface area contributed by atoms with Crippen LogP contribution in [0.3, 0.4) is 0 Å². The molecule has 1 atom stereocenters. The second-order valence-electron chi connectivity index (χ2n) is 7.89. The summed E-state index contributed by atoms with van der Waals surface area (Å²) in [7, 11) is 0. The van der Waals surface area contributed by atoms with Gasteiger partial charge in [0.25, 0.3) is 0 Å². The van der Waals surface area contributed by atoms with Crippen LogP contribution in [0.5, 0.6) is 0 Å². The van der Waals surface area contributed by atoms with Gasteiger partial charge in [0.15, 0.2) is 5.78 Å². The van der Waals surface area contributed by atoms with Crippen LogP contribution in [0.2, 0.25) is 0 Å². The Morgan fingerprint density at radius 3 is 2.00 bits per heavy atom. The van der Waals surface area contributed by atoms with Crippen LogP contribution < -0.4 is 12.4 Å². The number of carbonyl (C=O) groups excluding carboxylic acids is 1. The monoisotopic (exact) mass is 312 g/mol. The Morgan fingerprint density at radius 2 is 1.52 bits per heavy atom. The summed E-state index contributed by atoms with van der Waals surface area (Å²) >= 11 is 0. The van der Waals surface area contributed by atoms with Crippen LogP contribution in [0.25, 0.3) is 0 Å². The molecule has 0 amide bonds. The molecule has 1 unspecified atom stereocenters. The van der Waals surface area contributed by atoms with Crippen LogP contribution >= 0.6 is 0 Å². The molecule has 1 aliphatic heterocycles. The third kappa shape index (κ3) is 2.66. The predicted octanol–water partition coefficient (Wildman–Crippen LogP) is -0.503. The van der Waals surface area contributed by atoms with Crippen LogP contribution in [0.4, 0.5) is 0 Å². The van der Waals surface area contributed by atoms with Gasteiger partial charge in [-0.25, -0.2) is 0 Å². The Balaban J connectivity index is 0.00000132. The van der Waals surface area contributed by atoms with Gasteiger partial charge in [0, 0.05) is 18.5 Å². The fourth-order valence-electron chi connectivity index (χ4n) is 5.99. The first-order chi connectivity index (χ1) is 9.66. The predicted molar refractivity (Wildman–Crippen MR) is 77.5 cm³/mol. The molecule has 0 aromatic heterocycles. The average Bonchev–Trinajstić information content (AvgIpc) is 2.45. The molecule has 5 fully saturated rings. The third-order valence-corrected chi connectivity index (χ3v) is 6.53. The molecule has 1 saturated heterocycles. The number of hydrogen-bond donors (Lipinski definition) is 0. The maximum atomic E-state index is 13.2. The fourth-order valence-corrected chi connectivity index (χ4v) is 5.99. The van der Waals surface area contributed by atoms with Crippen LogP contribution in [0.15, 0.2) is 0 Å². The number of nitrogens with zero attached hydrogens (tertiary/aromatic N) is 1. The van der Waals surface area contributed by atoms with Crippen LogP contribution in [0.1, 0.15) is 45.4 Å². The van der Waals surface area contributed by atoms with Gasteiger partial charge in [-0.2, -0.15) is 0 Å². The molecule has 0 radical (unpaired) electrons. The molecule has 5 rings (SSSR count). The Bertz CT molecular complexity index is 370. The van der Waals surface area contributed by atoms with Crippen LogP contribution in [0, 0.1) is 23.2 Å². The molecule has 0 aromatic carbocycles. The van der Waals surface area contributed by atoms with Crippen molar-refractivity contribution in [2.45, 2.75) is 51.5 Å². The van der Waals surface area contributed by atoms with Gasteiger partial charge in [-0.3, -0.25) is 9.69 Å². The van der Waals surface area contributed by atoms with Crippen molar-refractivity contribution < 1.29 is 21.9 Å². The molecule has 5 aliphatic rings. The quantitative estimate of drug-likeness (QED) is 0.703. The molecule has 0 aromatic rings. The van der Waals surface area contributed by atoms with E-state index in [2.05, 4.69) is 11.8 Å². The van der Waals surface area contributed by atoms with Gasteiger partial charge < -0.3 is 17.1 Å². The van der Waals surface area contributed by atoms with E-state index in [0.717, 1.165) is 44.1 Å². The minimum absolute atomic E-state index is 0. The van der Waals surface area contributed by atoms with Gasteiger partial charge in [0.1, 0.15) is 0 Å². The molecule has 1 heterocycles. The summed E-state index contributed by atoms with van der Waals surface area (Å²) in [6.07, 6.45) is 7.85. The van der Waals surface area contributed by atoms with E-state index in [1.165, 1.54) is 38.5 Å². The zero-order valence-corrected chi connectivity index (χ0v) is 13.8. The van der Waals surface area contributed by atoms with Crippen molar-refractivity contribution in [1.29, 1.82) is 0 Å². The minimum Gasteiger partial charge on any atom is -1.00 e. The standard InChI is InChI=1S/C17H27NO2.ClH/c1-12(18-2-4-20-5-3-18)16(19)17-9-13-6-14(10-17)8-15(7-13)11-17;/h12-15H,2-11H2,1H3;1H/p-1. The van der Waals surface area contributed by atoms with E-state index in [9.17, 15) is 4.79 Å². The van der Waals surface area contributed by atoms with Crippen molar-refractivity contribution in [2.24, 2.45) is 23.2 Å². The molecular formula is C17H27ClNO2-. The first-order valence-electron chi connectivity index (χ1n) is 8.52. The number of rotatable bonds is 3. The number of morpholine rings is 1. The Kier molecular flexibility index (Phi) is 4.37. The number of carbonyl (C=O) groups is 1. The number of ketones is 1. The lowest BCUT2D eigenvalue weighted by atomic mass is 9.48. The lowest BCUT2D eigenvalue weighted by Crippen LogP contribution is -3.00. The van der Waals surface area contributed by atoms with E-state index in [4.69, 9.17) is 4.74 Å². The summed E-state index contributed by atoms with van der Waals surface area (Å²) in [5, 5.41) is 0. The largest absolute Gasteiger partial charge is 1.00 e. The lowest BCUT2D eigenvalue weighted by molar-refractivity contribution is -0.150. The van der Waals surface area contributed by atoms with E-state index >= 15 is 0 Å². The third-order valence-electron chi connectivity index (χ3n) is 6.53. The molecule has 21 heavy (non-hydrogen) atoms. The summed E-state index contributed by atoms with van der Waals surface area (Å²) < 4.78 is 5.43. The zero-order valence-electron chi connectivity index (χ0n) is 13.0. The summed E-state index contributed by atoms with van der Waals surface area (Å²) in [5.41, 5.74) is 0.0620. The molecule has 4 bridgehead atoms. The SMILES string of the molecule is CC(C(=O)C12CC3CC(CC(C3)C1)C2)N1CCOCC1.[Cl-]. The van der Waals surface area contributed by atoms with Gasteiger partial charge in [-0.15, -0.1) is 0 Å². The van der Waals surface area contributed by atoms with Crippen molar-refractivity contribution in [3.05, 3.63) is 0 Å². The Hall–Kier alpha value is -0.120. The van der Waals surface area contributed by atoms with Crippen molar-refractivity contribution in [2.75, 3.05) is 26.3 Å². The van der Waals surface area contributed by atoms with Crippen molar-refractivity contribution >= 4 is 5.78 Å². The van der Waals surface area contributed by atoms with Crippen molar-refractivity contribution in [3.63, 3.8) is 0 Å². The highest BCUT2D eigenvalue weighted by Gasteiger charge is 2.55.